The highest BCUT2D eigenvalue weighted by Crippen LogP contribution is 2.27. The standard InChI is InChI=1S/C31H35BrClN3O4S/c1-3-29(31(38)34-25-9-5-6-10-25)35(20-23-8-4-7-11-28(23)33)30(37)21-36(26-16-14-24(32)15-17-26)41(39,40)27-18-12-22(2)13-19-27/h4,7-8,11-19,25,29H,3,5-6,9-10,20-21H2,1-2H3,(H,34,38)/t29-/m0/s1. The SMILES string of the molecule is CC[C@@H](C(=O)NC1CCCC1)N(Cc1ccccc1Cl)C(=O)CN(c1ccc(Br)cc1)S(=O)(=O)c1ccc(C)cc1. The van der Waals surface area contributed by atoms with Gasteiger partial charge in [0.1, 0.15) is 12.6 Å². The van der Waals surface area contributed by atoms with E-state index in [0.29, 0.717) is 22.7 Å². The quantitative estimate of drug-likeness (QED) is 0.255. The maximum atomic E-state index is 14.2. The van der Waals surface area contributed by atoms with Crippen LogP contribution < -0.4 is 9.62 Å². The number of carbonyl (C=O) groups is 2. The molecule has 1 saturated carbocycles. The molecule has 1 atom stereocenters. The minimum absolute atomic E-state index is 0.0634. The van der Waals surface area contributed by atoms with Crippen LogP contribution in [0.4, 0.5) is 5.69 Å². The molecule has 0 saturated heterocycles. The number of aryl methyl sites for hydroxylation is 1. The predicted octanol–water partition coefficient (Wildman–Crippen LogP) is 6.47. The lowest BCUT2D eigenvalue weighted by Gasteiger charge is -2.34. The molecular weight excluding hydrogens is 626 g/mol. The number of amides is 2. The third-order valence-electron chi connectivity index (χ3n) is 7.39. The van der Waals surface area contributed by atoms with Gasteiger partial charge in [-0.2, -0.15) is 0 Å². The van der Waals surface area contributed by atoms with Crippen LogP contribution in [-0.4, -0.2) is 43.8 Å². The van der Waals surface area contributed by atoms with Crippen LogP contribution in [0.25, 0.3) is 0 Å². The Bertz CT molecular complexity index is 1460. The maximum absolute atomic E-state index is 14.2. The third kappa shape index (κ3) is 7.70. The second-order valence-electron chi connectivity index (χ2n) is 10.3. The van der Waals surface area contributed by atoms with Gasteiger partial charge in [0.2, 0.25) is 11.8 Å². The van der Waals surface area contributed by atoms with Crippen LogP contribution in [0.15, 0.2) is 82.2 Å². The molecule has 1 aliphatic carbocycles. The van der Waals surface area contributed by atoms with Gasteiger partial charge in [0, 0.05) is 22.1 Å². The topological polar surface area (TPSA) is 86.8 Å². The summed E-state index contributed by atoms with van der Waals surface area (Å²) in [4.78, 5) is 29.2. The fourth-order valence-electron chi connectivity index (χ4n) is 5.07. The van der Waals surface area contributed by atoms with E-state index in [9.17, 15) is 18.0 Å². The lowest BCUT2D eigenvalue weighted by atomic mass is 10.1. The van der Waals surface area contributed by atoms with Gasteiger partial charge < -0.3 is 10.2 Å². The summed E-state index contributed by atoms with van der Waals surface area (Å²) in [6.07, 6.45) is 4.29. The smallest absolute Gasteiger partial charge is 0.264 e. The Balaban J connectivity index is 1.72. The number of benzene rings is 3. The Labute approximate surface area is 256 Å². The minimum atomic E-state index is -4.12. The molecule has 0 aliphatic heterocycles. The zero-order chi connectivity index (χ0) is 29.6. The number of hydrogen-bond donors (Lipinski definition) is 1. The first-order valence-electron chi connectivity index (χ1n) is 13.8. The van der Waals surface area contributed by atoms with Crippen molar-refractivity contribution in [3.63, 3.8) is 0 Å². The number of sulfonamides is 1. The van der Waals surface area contributed by atoms with E-state index in [2.05, 4.69) is 21.2 Å². The first-order chi connectivity index (χ1) is 19.6. The molecule has 0 unspecified atom stereocenters. The van der Waals surface area contributed by atoms with Gasteiger partial charge in [0.05, 0.1) is 10.6 Å². The molecule has 0 aromatic heterocycles. The van der Waals surface area contributed by atoms with Crippen LogP contribution in [0, 0.1) is 6.92 Å². The third-order valence-corrected chi connectivity index (χ3v) is 10.1. The Morgan fingerprint density at radius 3 is 2.24 bits per heavy atom. The summed E-state index contributed by atoms with van der Waals surface area (Å²) in [5.41, 5.74) is 1.93. The molecule has 10 heteroatoms. The molecule has 1 fully saturated rings. The van der Waals surface area contributed by atoms with E-state index < -0.39 is 28.5 Å². The highest BCUT2D eigenvalue weighted by atomic mass is 79.9. The Kier molecular flexibility index (Phi) is 10.5. The highest BCUT2D eigenvalue weighted by Gasteiger charge is 2.34. The number of rotatable bonds is 11. The molecule has 4 rings (SSSR count). The van der Waals surface area contributed by atoms with Crippen molar-refractivity contribution in [2.24, 2.45) is 0 Å². The van der Waals surface area contributed by atoms with Crippen LogP contribution in [0.5, 0.6) is 0 Å². The minimum Gasteiger partial charge on any atom is -0.352 e. The van der Waals surface area contributed by atoms with E-state index in [4.69, 9.17) is 11.6 Å². The molecule has 0 bridgehead atoms. The van der Waals surface area contributed by atoms with Gasteiger partial charge in [-0.15, -0.1) is 0 Å². The van der Waals surface area contributed by atoms with Gasteiger partial charge in [-0.05, 0) is 74.2 Å². The van der Waals surface area contributed by atoms with E-state index in [1.54, 1.807) is 54.6 Å². The molecular formula is C31H35BrClN3O4S. The lowest BCUT2D eigenvalue weighted by molar-refractivity contribution is -0.140. The van der Waals surface area contributed by atoms with Gasteiger partial charge in [-0.3, -0.25) is 13.9 Å². The first-order valence-corrected chi connectivity index (χ1v) is 16.4. The average Bonchev–Trinajstić information content (AvgIpc) is 3.46. The van der Waals surface area contributed by atoms with Gasteiger partial charge >= 0.3 is 0 Å². The summed E-state index contributed by atoms with van der Waals surface area (Å²) in [6, 6.07) is 19.7. The van der Waals surface area contributed by atoms with Crippen LogP contribution in [0.3, 0.4) is 0 Å². The zero-order valence-electron chi connectivity index (χ0n) is 23.2. The average molecular weight is 661 g/mol. The monoisotopic (exact) mass is 659 g/mol. The van der Waals surface area contributed by atoms with Crippen LogP contribution in [0.2, 0.25) is 5.02 Å². The molecule has 1 aliphatic rings. The van der Waals surface area contributed by atoms with Gasteiger partial charge in [0.25, 0.3) is 10.0 Å². The van der Waals surface area contributed by atoms with Crippen molar-refractivity contribution in [2.45, 2.75) is 69.5 Å². The fraction of sp³-hybridized carbons (Fsp3) is 0.355. The Hall–Kier alpha value is -2.88. The number of nitrogens with one attached hydrogen (secondary N) is 1. The Morgan fingerprint density at radius 1 is 1.00 bits per heavy atom. The molecule has 3 aromatic carbocycles. The number of anilines is 1. The summed E-state index contributed by atoms with van der Waals surface area (Å²) in [7, 11) is -4.12. The first kappa shape index (κ1) is 31.1. The summed E-state index contributed by atoms with van der Waals surface area (Å²) < 4.78 is 29.8. The molecule has 3 aromatic rings. The number of halogens is 2. The Morgan fingerprint density at radius 2 is 1.63 bits per heavy atom. The maximum Gasteiger partial charge on any atom is 0.264 e. The second kappa shape index (κ2) is 13.9. The largest absolute Gasteiger partial charge is 0.352 e. The van der Waals surface area contributed by atoms with Crippen molar-refractivity contribution < 1.29 is 18.0 Å². The summed E-state index contributed by atoms with van der Waals surface area (Å²) >= 11 is 9.87. The van der Waals surface area contributed by atoms with E-state index in [1.165, 1.54) is 17.0 Å². The predicted molar refractivity (Wildman–Crippen MR) is 166 cm³/mol. The number of nitrogens with zero attached hydrogens (tertiary/aromatic N) is 2. The van der Waals surface area contributed by atoms with Crippen LogP contribution in [-0.2, 0) is 26.2 Å². The van der Waals surface area contributed by atoms with E-state index in [0.717, 1.165) is 40.0 Å². The van der Waals surface area contributed by atoms with Crippen molar-refractivity contribution in [1.82, 2.24) is 10.2 Å². The van der Waals surface area contributed by atoms with E-state index >= 15 is 0 Å². The summed E-state index contributed by atoms with van der Waals surface area (Å²) in [6.45, 7) is 3.30. The van der Waals surface area contributed by atoms with Gasteiger partial charge in [-0.25, -0.2) is 8.42 Å². The number of hydrogen-bond acceptors (Lipinski definition) is 4. The van der Waals surface area contributed by atoms with E-state index in [1.807, 2.05) is 19.9 Å². The molecule has 41 heavy (non-hydrogen) atoms. The molecule has 0 spiro atoms. The van der Waals surface area contributed by atoms with Crippen LogP contribution in [0.1, 0.15) is 50.2 Å². The van der Waals surface area contributed by atoms with Crippen molar-refractivity contribution in [3.8, 4) is 0 Å². The summed E-state index contributed by atoms with van der Waals surface area (Å²) in [5, 5.41) is 3.58. The van der Waals surface area contributed by atoms with Crippen molar-refractivity contribution in [1.29, 1.82) is 0 Å². The molecule has 0 heterocycles. The molecule has 0 radical (unpaired) electrons. The second-order valence-corrected chi connectivity index (χ2v) is 13.5. The normalized spacial score (nSPS) is 14.4. The van der Waals surface area contributed by atoms with Crippen molar-refractivity contribution >= 4 is 55.1 Å². The molecule has 1 N–H and O–H groups in total. The summed E-state index contributed by atoms with van der Waals surface area (Å²) in [5.74, 6) is -0.742. The van der Waals surface area contributed by atoms with Crippen molar-refractivity contribution in [3.05, 3.63) is 93.4 Å². The fourth-order valence-corrected chi connectivity index (χ4v) is 6.94. The molecule has 218 valence electrons. The molecule has 2 amide bonds. The van der Waals surface area contributed by atoms with Gasteiger partial charge in [0.15, 0.2) is 0 Å². The van der Waals surface area contributed by atoms with Crippen molar-refractivity contribution in [2.75, 3.05) is 10.8 Å². The highest BCUT2D eigenvalue weighted by molar-refractivity contribution is 9.10. The lowest BCUT2D eigenvalue weighted by Crippen LogP contribution is -2.53. The number of carbonyl (C=O) groups excluding carboxylic acids is 2. The zero-order valence-corrected chi connectivity index (χ0v) is 26.4. The molecule has 7 nitrogen and oxygen atoms in total. The van der Waals surface area contributed by atoms with Crippen LogP contribution >= 0.6 is 27.5 Å². The van der Waals surface area contributed by atoms with E-state index in [-0.39, 0.29) is 23.4 Å². The van der Waals surface area contributed by atoms with Gasteiger partial charge in [-0.1, -0.05) is 83.2 Å².